The fraction of sp³-hybridized carbons (Fsp3) is 0.524. The van der Waals surface area contributed by atoms with Crippen LogP contribution in [-0.4, -0.2) is 45.7 Å². The number of Topliss-reactive ketones (excluding diaryl/α,β-unsaturated/α-hetero) is 1. The Balaban J connectivity index is 2.18. The summed E-state index contributed by atoms with van der Waals surface area (Å²) in [5, 5.41) is 1.89. The van der Waals surface area contributed by atoms with Gasteiger partial charge in [-0.1, -0.05) is 27.2 Å². The number of alkyl halides is 3. The summed E-state index contributed by atoms with van der Waals surface area (Å²) >= 11 is 0. The summed E-state index contributed by atoms with van der Waals surface area (Å²) in [6.45, 7) is 5.46. The lowest BCUT2D eigenvalue weighted by atomic mass is 9.72. The molecule has 1 aliphatic carbocycles. The molecule has 0 fully saturated rings. The second-order valence-corrected chi connectivity index (χ2v) is 8.52. The van der Waals surface area contributed by atoms with E-state index in [9.17, 15) is 27.6 Å². The average molecular weight is 423 g/mol. The number of nitrogens with zero attached hydrogens (tertiary/aromatic N) is 2. The second kappa shape index (κ2) is 7.52. The SMILES string of the molecule is CCCCN1C(=O)[C@](NC(=O)c2cccnc2)(C(F)(F)F)C2=C1CC(C)(C)CC2=O. The molecule has 30 heavy (non-hydrogen) atoms. The first-order valence-electron chi connectivity index (χ1n) is 9.82. The van der Waals surface area contributed by atoms with Gasteiger partial charge < -0.3 is 10.2 Å². The Morgan fingerprint density at radius 1 is 1.27 bits per heavy atom. The van der Waals surface area contributed by atoms with Crippen molar-refractivity contribution in [2.75, 3.05) is 6.54 Å². The van der Waals surface area contributed by atoms with Gasteiger partial charge in [-0.3, -0.25) is 19.4 Å². The molecule has 0 aromatic carbocycles. The van der Waals surface area contributed by atoms with Crippen LogP contribution in [0.3, 0.4) is 0 Å². The maximum atomic E-state index is 14.5. The van der Waals surface area contributed by atoms with Crippen molar-refractivity contribution in [3.8, 4) is 0 Å². The van der Waals surface area contributed by atoms with Gasteiger partial charge in [-0.25, -0.2) is 0 Å². The minimum atomic E-state index is -5.19. The first kappa shape index (κ1) is 22.0. The van der Waals surface area contributed by atoms with Crippen molar-refractivity contribution in [2.45, 2.75) is 58.2 Å². The number of ketones is 1. The number of pyridine rings is 1. The third-order valence-corrected chi connectivity index (χ3v) is 5.50. The number of unbranched alkanes of at least 4 members (excludes halogenated alkanes) is 1. The standard InChI is InChI=1S/C21H24F3N3O3/c1-4-5-9-27-14-10-19(2,3)11-15(28)16(14)20(18(27)30,21(22,23)24)26-17(29)13-7-6-8-25-12-13/h6-8,12H,4-5,9-11H2,1-3H3,(H,26,29)/t20-/m0/s1. The largest absolute Gasteiger partial charge is 0.425 e. The van der Waals surface area contributed by atoms with Crippen molar-refractivity contribution >= 4 is 17.6 Å². The van der Waals surface area contributed by atoms with Gasteiger partial charge >= 0.3 is 6.18 Å². The van der Waals surface area contributed by atoms with E-state index in [0.29, 0.717) is 12.8 Å². The number of allylic oxidation sites excluding steroid dienone is 1. The van der Waals surface area contributed by atoms with Crippen LogP contribution < -0.4 is 5.32 Å². The van der Waals surface area contributed by atoms with E-state index in [2.05, 4.69) is 4.98 Å². The third kappa shape index (κ3) is 3.50. The Labute approximate surface area is 172 Å². The Hall–Kier alpha value is -2.71. The number of rotatable bonds is 5. The lowest BCUT2D eigenvalue weighted by molar-refractivity contribution is -0.190. The number of amides is 2. The number of halogens is 3. The van der Waals surface area contributed by atoms with Crippen molar-refractivity contribution in [1.82, 2.24) is 15.2 Å². The molecule has 1 aromatic rings. The second-order valence-electron chi connectivity index (χ2n) is 8.52. The van der Waals surface area contributed by atoms with E-state index >= 15 is 0 Å². The molecule has 1 N–H and O–H groups in total. The summed E-state index contributed by atoms with van der Waals surface area (Å²) in [5.74, 6) is -3.20. The van der Waals surface area contributed by atoms with Gasteiger partial charge in [-0.15, -0.1) is 0 Å². The topological polar surface area (TPSA) is 79.4 Å². The Kier molecular flexibility index (Phi) is 5.51. The monoisotopic (exact) mass is 423 g/mol. The quantitative estimate of drug-likeness (QED) is 0.787. The van der Waals surface area contributed by atoms with E-state index in [1.807, 2.05) is 12.2 Å². The predicted molar refractivity (Wildman–Crippen MR) is 102 cm³/mol. The zero-order valence-corrected chi connectivity index (χ0v) is 17.1. The molecule has 3 rings (SSSR count). The summed E-state index contributed by atoms with van der Waals surface area (Å²) in [6, 6.07) is 2.69. The van der Waals surface area contributed by atoms with E-state index < -0.39 is 40.3 Å². The van der Waals surface area contributed by atoms with Gasteiger partial charge in [0.25, 0.3) is 11.8 Å². The van der Waals surface area contributed by atoms with E-state index in [-0.39, 0.29) is 30.6 Å². The molecule has 1 aromatic heterocycles. The molecule has 0 saturated heterocycles. The molecule has 0 bridgehead atoms. The predicted octanol–water partition coefficient (Wildman–Crippen LogP) is 3.40. The van der Waals surface area contributed by atoms with E-state index in [4.69, 9.17) is 0 Å². The molecule has 0 radical (unpaired) electrons. The van der Waals surface area contributed by atoms with Gasteiger partial charge in [0, 0.05) is 31.1 Å². The first-order valence-corrected chi connectivity index (χ1v) is 9.82. The van der Waals surface area contributed by atoms with Gasteiger partial charge in [0.2, 0.25) is 5.54 Å². The molecule has 9 heteroatoms. The number of carbonyl (C=O) groups excluding carboxylic acids is 3. The minimum Gasteiger partial charge on any atom is -0.326 e. The molecule has 162 valence electrons. The Morgan fingerprint density at radius 2 is 1.97 bits per heavy atom. The molecule has 0 unspecified atom stereocenters. The molecule has 2 amide bonds. The fourth-order valence-corrected chi connectivity index (χ4v) is 4.12. The molecule has 6 nitrogen and oxygen atoms in total. The van der Waals surface area contributed by atoms with Crippen LogP contribution >= 0.6 is 0 Å². The van der Waals surface area contributed by atoms with Crippen LogP contribution in [0, 0.1) is 5.41 Å². The zero-order valence-electron chi connectivity index (χ0n) is 17.1. The maximum absolute atomic E-state index is 14.5. The highest BCUT2D eigenvalue weighted by Crippen LogP contribution is 2.51. The van der Waals surface area contributed by atoms with Crippen LogP contribution in [0.4, 0.5) is 13.2 Å². The molecule has 0 saturated carbocycles. The van der Waals surface area contributed by atoms with Gasteiger partial charge in [-0.05, 0) is 30.4 Å². The van der Waals surface area contributed by atoms with Crippen LogP contribution in [0.15, 0.2) is 35.8 Å². The summed E-state index contributed by atoms with van der Waals surface area (Å²) in [6.07, 6.45) is -1.58. The van der Waals surface area contributed by atoms with Crippen LogP contribution in [0.5, 0.6) is 0 Å². The normalized spacial score (nSPS) is 23.6. The van der Waals surface area contributed by atoms with Gasteiger partial charge in [0.15, 0.2) is 5.78 Å². The van der Waals surface area contributed by atoms with E-state index in [0.717, 1.165) is 11.1 Å². The van der Waals surface area contributed by atoms with Crippen molar-refractivity contribution in [3.63, 3.8) is 0 Å². The van der Waals surface area contributed by atoms with Gasteiger partial charge in [0.05, 0.1) is 11.1 Å². The summed E-state index contributed by atoms with van der Waals surface area (Å²) in [5.41, 5.74) is -4.69. The number of carbonyl (C=O) groups is 3. The molecule has 2 aliphatic rings. The number of hydrogen-bond acceptors (Lipinski definition) is 4. The molecular formula is C21H24F3N3O3. The highest BCUT2D eigenvalue weighted by Gasteiger charge is 2.71. The average Bonchev–Trinajstić information content (AvgIpc) is 2.88. The molecule has 2 heterocycles. The van der Waals surface area contributed by atoms with Gasteiger partial charge in [0.1, 0.15) is 0 Å². The number of aromatic nitrogens is 1. The minimum absolute atomic E-state index is 0.0537. The molecule has 0 spiro atoms. The molecule has 1 atom stereocenters. The Morgan fingerprint density at radius 3 is 2.53 bits per heavy atom. The highest BCUT2D eigenvalue weighted by atomic mass is 19.4. The smallest absolute Gasteiger partial charge is 0.326 e. The van der Waals surface area contributed by atoms with Crippen molar-refractivity contribution in [2.24, 2.45) is 5.41 Å². The zero-order chi connectivity index (χ0) is 22.3. The third-order valence-electron chi connectivity index (χ3n) is 5.50. The Bertz CT molecular complexity index is 909. The summed E-state index contributed by atoms with van der Waals surface area (Å²) in [7, 11) is 0. The molecular weight excluding hydrogens is 399 g/mol. The number of nitrogens with one attached hydrogen (secondary N) is 1. The van der Waals surface area contributed by atoms with Crippen LogP contribution in [0.25, 0.3) is 0 Å². The van der Waals surface area contributed by atoms with Crippen molar-refractivity contribution in [1.29, 1.82) is 0 Å². The lowest BCUT2D eigenvalue weighted by Crippen LogP contribution is -2.66. The van der Waals surface area contributed by atoms with Gasteiger partial charge in [-0.2, -0.15) is 13.2 Å². The summed E-state index contributed by atoms with van der Waals surface area (Å²) in [4.78, 5) is 43.6. The van der Waals surface area contributed by atoms with E-state index in [1.54, 1.807) is 13.8 Å². The van der Waals surface area contributed by atoms with Crippen molar-refractivity contribution in [3.05, 3.63) is 41.4 Å². The number of hydrogen-bond donors (Lipinski definition) is 1. The van der Waals surface area contributed by atoms with Crippen LogP contribution in [-0.2, 0) is 9.59 Å². The fourth-order valence-electron chi connectivity index (χ4n) is 4.12. The highest BCUT2D eigenvalue weighted by molar-refractivity contribution is 6.14. The lowest BCUT2D eigenvalue weighted by Gasteiger charge is -2.35. The van der Waals surface area contributed by atoms with E-state index in [1.165, 1.54) is 18.3 Å². The molecule has 1 aliphatic heterocycles. The van der Waals surface area contributed by atoms with Crippen molar-refractivity contribution < 1.29 is 27.6 Å². The summed E-state index contributed by atoms with van der Waals surface area (Å²) < 4.78 is 43.5. The van der Waals surface area contributed by atoms with Crippen LogP contribution in [0.2, 0.25) is 0 Å². The maximum Gasteiger partial charge on any atom is 0.425 e. The first-order chi connectivity index (χ1) is 13.9. The van der Waals surface area contributed by atoms with Crippen LogP contribution in [0.1, 0.15) is 56.8 Å².